The fourth-order valence-electron chi connectivity index (χ4n) is 9.46. The largest absolute Gasteiger partial charge is 0.460 e. The molecule has 4 aliphatic rings. The van der Waals surface area contributed by atoms with Gasteiger partial charge in [-0.3, -0.25) is 4.79 Å². The number of para-hydroxylation sites is 1. The van der Waals surface area contributed by atoms with Gasteiger partial charge in [0.05, 0.1) is 6.04 Å². The summed E-state index contributed by atoms with van der Waals surface area (Å²) < 4.78 is 8.04. The molecule has 0 saturated heterocycles. The third kappa shape index (κ3) is 3.69. The third-order valence-corrected chi connectivity index (χ3v) is 11.4. The molecule has 0 spiro atoms. The Balaban J connectivity index is 1.24. The van der Waals surface area contributed by atoms with Gasteiger partial charge in [-0.25, -0.2) is 9.67 Å². The van der Waals surface area contributed by atoms with Crippen molar-refractivity contribution < 1.29 is 9.53 Å². The van der Waals surface area contributed by atoms with E-state index < -0.39 is 0 Å². The summed E-state index contributed by atoms with van der Waals surface area (Å²) in [6.07, 6.45) is 13.3. The number of anilines is 1. The number of rotatable bonds is 4. The molecule has 4 fully saturated rings. The van der Waals surface area contributed by atoms with Crippen LogP contribution in [0.1, 0.15) is 78.2 Å². The molecule has 6 nitrogen and oxygen atoms in total. The zero-order valence-corrected chi connectivity index (χ0v) is 22.3. The molecule has 4 aliphatic carbocycles. The van der Waals surface area contributed by atoms with E-state index in [1.165, 1.54) is 44.2 Å². The molecule has 1 heterocycles. The number of hydrogen-bond acceptors (Lipinski definition) is 5. The van der Waals surface area contributed by atoms with Gasteiger partial charge in [-0.05, 0) is 92.6 Å². The normalized spacial score (nSPS) is 41.6. The van der Waals surface area contributed by atoms with E-state index in [9.17, 15) is 4.79 Å². The number of benzene rings is 1. The average Bonchev–Trinajstić information content (AvgIpc) is 3.50. The maximum absolute atomic E-state index is 12.2. The van der Waals surface area contributed by atoms with Crippen molar-refractivity contribution in [1.82, 2.24) is 14.8 Å². The van der Waals surface area contributed by atoms with Crippen LogP contribution in [0, 0.1) is 34.5 Å². The highest BCUT2D eigenvalue weighted by Crippen LogP contribution is 2.68. The van der Waals surface area contributed by atoms with Crippen LogP contribution in [0.5, 0.6) is 0 Å². The number of hydrogen-bond donors (Lipinski definition) is 0. The molecule has 6 heteroatoms. The Kier molecular flexibility index (Phi) is 5.92. The number of nitrogens with zero attached hydrogens (tertiary/aromatic N) is 4. The number of ether oxygens (including phenoxy) is 1. The molecule has 36 heavy (non-hydrogen) atoms. The van der Waals surface area contributed by atoms with Crippen molar-refractivity contribution >= 4 is 11.7 Å². The van der Waals surface area contributed by atoms with Crippen molar-refractivity contribution in [2.45, 2.75) is 90.3 Å². The van der Waals surface area contributed by atoms with Gasteiger partial charge >= 0.3 is 5.97 Å². The van der Waals surface area contributed by atoms with Gasteiger partial charge in [-0.2, -0.15) is 5.10 Å². The SMILES string of the molecule is CC(=O)O[C@H]1[C@@H](n2cncn2)CC2C3CCC4C[C@@H](N(C)c5ccccc5)CC[C@]4(C)C3CC[C@@]21C. The fourth-order valence-corrected chi connectivity index (χ4v) is 9.46. The van der Waals surface area contributed by atoms with Gasteiger partial charge in [0.15, 0.2) is 0 Å². The Bertz CT molecular complexity index is 1070. The van der Waals surface area contributed by atoms with Gasteiger partial charge in [-0.1, -0.05) is 32.0 Å². The summed E-state index contributed by atoms with van der Waals surface area (Å²) in [5, 5.41) is 4.49. The quantitative estimate of drug-likeness (QED) is 0.499. The Morgan fingerprint density at radius 3 is 2.53 bits per heavy atom. The smallest absolute Gasteiger partial charge is 0.302 e. The number of esters is 1. The van der Waals surface area contributed by atoms with Gasteiger partial charge in [0, 0.05) is 31.1 Å². The van der Waals surface area contributed by atoms with E-state index in [2.05, 4.69) is 66.2 Å². The van der Waals surface area contributed by atoms with Crippen LogP contribution in [-0.4, -0.2) is 39.9 Å². The topological polar surface area (TPSA) is 60.3 Å². The zero-order chi connectivity index (χ0) is 25.1. The Labute approximate surface area is 215 Å². The van der Waals surface area contributed by atoms with Gasteiger partial charge in [0.1, 0.15) is 18.8 Å². The summed E-state index contributed by atoms with van der Waals surface area (Å²) in [6, 6.07) is 11.6. The first-order valence-corrected chi connectivity index (χ1v) is 14.1. The molecule has 0 radical (unpaired) electrons. The van der Waals surface area contributed by atoms with Crippen LogP contribution in [0.4, 0.5) is 5.69 Å². The lowest BCUT2D eigenvalue weighted by atomic mass is 9.45. The second kappa shape index (κ2) is 8.88. The van der Waals surface area contributed by atoms with E-state index in [4.69, 9.17) is 4.74 Å². The summed E-state index contributed by atoms with van der Waals surface area (Å²) >= 11 is 0. The van der Waals surface area contributed by atoms with E-state index in [1.54, 1.807) is 13.3 Å². The minimum absolute atomic E-state index is 0.0113. The molecule has 194 valence electrons. The van der Waals surface area contributed by atoms with E-state index in [0.29, 0.717) is 23.3 Å². The maximum Gasteiger partial charge on any atom is 0.302 e. The highest BCUT2D eigenvalue weighted by molar-refractivity contribution is 5.66. The zero-order valence-electron chi connectivity index (χ0n) is 22.3. The molecule has 6 rings (SSSR count). The van der Waals surface area contributed by atoms with Gasteiger partial charge in [0.2, 0.25) is 0 Å². The first kappa shape index (κ1) is 24.0. The Morgan fingerprint density at radius 2 is 1.81 bits per heavy atom. The van der Waals surface area contributed by atoms with E-state index >= 15 is 0 Å². The summed E-state index contributed by atoms with van der Waals surface area (Å²) in [5.74, 6) is 2.66. The third-order valence-electron chi connectivity index (χ3n) is 11.4. The molecule has 4 unspecified atom stereocenters. The van der Waals surface area contributed by atoms with Crippen LogP contribution in [0.2, 0.25) is 0 Å². The standard InChI is InChI=1S/C30H42N4O2/c1-20(35)36-28-27(34-19-31-18-32-34)17-26-24-11-10-21-16-23(33(4)22-8-6-5-7-9-22)12-14-29(21,2)25(24)13-15-30(26,28)3/h5-9,18-19,21,23-28H,10-17H2,1-4H3/t21?,23-,24?,25?,26?,27-,28-,29-,30-/m0/s1. The van der Waals surface area contributed by atoms with Gasteiger partial charge < -0.3 is 9.64 Å². The number of carbonyl (C=O) groups is 1. The van der Waals surface area contributed by atoms with Crippen molar-refractivity contribution in [3.63, 3.8) is 0 Å². The lowest BCUT2D eigenvalue weighted by Crippen LogP contribution is -2.56. The average molecular weight is 491 g/mol. The summed E-state index contributed by atoms with van der Waals surface area (Å²) in [5.41, 5.74) is 1.77. The molecule has 0 amide bonds. The monoisotopic (exact) mass is 490 g/mol. The highest BCUT2D eigenvalue weighted by Gasteiger charge is 2.64. The summed E-state index contributed by atoms with van der Waals surface area (Å²) in [4.78, 5) is 18.9. The molecule has 1 aromatic heterocycles. The summed E-state index contributed by atoms with van der Waals surface area (Å²) in [7, 11) is 2.29. The van der Waals surface area contributed by atoms with E-state index in [0.717, 1.165) is 24.7 Å². The number of fused-ring (bicyclic) bond motifs is 5. The number of carbonyl (C=O) groups excluding carboxylic acids is 1. The second-order valence-electron chi connectivity index (χ2n) is 12.8. The molecule has 4 saturated carbocycles. The second-order valence-corrected chi connectivity index (χ2v) is 12.8. The Morgan fingerprint density at radius 1 is 1.03 bits per heavy atom. The van der Waals surface area contributed by atoms with Crippen LogP contribution in [0.25, 0.3) is 0 Å². The molecule has 1 aromatic carbocycles. The highest BCUT2D eigenvalue weighted by atomic mass is 16.5. The van der Waals surface area contributed by atoms with E-state index in [1.807, 2.05) is 11.0 Å². The molecule has 0 aliphatic heterocycles. The lowest BCUT2D eigenvalue weighted by Gasteiger charge is -2.61. The van der Waals surface area contributed by atoms with Crippen molar-refractivity contribution in [1.29, 1.82) is 0 Å². The molecule has 0 N–H and O–H groups in total. The molecule has 2 aromatic rings. The summed E-state index contributed by atoms with van der Waals surface area (Å²) in [6.45, 7) is 6.58. The van der Waals surface area contributed by atoms with Crippen LogP contribution in [0.15, 0.2) is 43.0 Å². The first-order valence-electron chi connectivity index (χ1n) is 14.1. The molecular weight excluding hydrogens is 448 g/mol. The van der Waals surface area contributed by atoms with Crippen LogP contribution >= 0.6 is 0 Å². The first-order chi connectivity index (χ1) is 17.3. The van der Waals surface area contributed by atoms with Crippen LogP contribution in [0.3, 0.4) is 0 Å². The van der Waals surface area contributed by atoms with E-state index in [-0.39, 0.29) is 23.5 Å². The van der Waals surface area contributed by atoms with Gasteiger partial charge in [-0.15, -0.1) is 0 Å². The predicted octanol–water partition coefficient (Wildman–Crippen LogP) is 5.91. The van der Waals surface area contributed by atoms with Crippen molar-refractivity contribution in [3.05, 3.63) is 43.0 Å². The minimum atomic E-state index is -0.175. The molecular formula is C30H42N4O2. The van der Waals surface area contributed by atoms with Crippen molar-refractivity contribution in [3.8, 4) is 0 Å². The fraction of sp³-hybridized carbons (Fsp3) is 0.700. The van der Waals surface area contributed by atoms with Gasteiger partial charge in [0.25, 0.3) is 0 Å². The molecule has 0 bridgehead atoms. The minimum Gasteiger partial charge on any atom is -0.460 e. The number of aromatic nitrogens is 3. The predicted molar refractivity (Wildman–Crippen MR) is 140 cm³/mol. The maximum atomic E-state index is 12.2. The molecule has 9 atom stereocenters. The Hall–Kier alpha value is -2.37. The van der Waals surface area contributed by atoms with Crippen molar-refractivity contribution in [2.75, 3.05) is 11.9 Å². The van der Waals surface area contributed by atoms with Crippen molar-refractivity contribution in [2.24, 2.45) is 34.5 Å². The van der Waals surface area contributed by atoms with Crippen LogP contribution < -0.4 is 4.90 Å². The lowest BCUT2D eigenvalue weighted by molar-refractivity contribution is -0.163. The van der Waals surface area contributed by atoms with Crippen LogP contribution in [-0.2, 0) is 9.53 Å².